The fourth-order valence-corrected chi connectivity index (χ4v) is 6.28. The first-order valence-corrected chi connectivity index (χ1v) is 11.6. The smallest absolute Gasteiger partial charge is 0.244 e. The van der Waals surface area contributed by atoms with Gasteiger partial charge in [0.2, 0.25) is 21.8 Å². The van der Waals surface area contributed by atoms with Crippen molar-refractivity contribution in [1.29, 1.82) is 0 Å². The first kappa shape index (κ1) is 21.7. The Morgan fingerprint density at radius 3 is 2.41 bits per heavy atom. The van der Waals surface area contributed by atoms with Crippen LogP contribution in [0, 0.1) is 5.92 Å². The average molecular weight is 423 g/mol. The minimum Gasteiger partial charge on any atom is -0.353 e. The van der Waals surface area contributed by atoms with Crippen molar-refractivity contribution in [2.75, 3.05) is 20.1 Å². The predicted molar refractivity (Wildman–Crippen MR) is 110 cm³/mol. The number of benzene rings is 1. The zero-order valence-corrected chi connectivity index (χ0v) is 17.7. The molecule has 0 radical (unpaired) electrons. The Labute approximate surface area is 172 Å². The molecule has 1 saturated carbocycles. The van der Waals surface area contributed by atoms with Crippen molar-refractivity contribution in [3.05, 3.63) is 30.3 Å². The third kappa shape index (κ3) is 4.79. The van der Waals surface area contributed by atoms with Gasteiger partial charge in [-0.2, -0.15) is 4.31 Å². The molecule has 4 rings (SSSR count). The lowest BCUT2D eigenvalue weighted by Gasteiger charge is -2.49. The van der Waals surface area contributed by atoms with E-state index < -0.39 is 16.1 Å². The lowest BCUT2D eigenvalue weighted by atomic mass is 9.76. The van der Waals surface area contributed by atoms with Gasteiger partial charge in [0.15, 0.2) is 0 Å². The number of amides is 2. The van der Waals surface area contributed by atoms with Crippen LogP contribution in [0.15, 0.2) is 35.2 Å². The summed E-state index contributed by atoms with van der Waals surface area (Å²) in [5.74, 6) is -0.419. The van der Waals surface area contributed by atoms with Crippen molar-refractivity contribution >= 4 is 21.8 Å². The molecular weight excluding hydrogens is 392 g/mol. The van der Waals surface area contributed by atoms with Crippen LogP contribution in [0.25, 0.3) is 0 Å². The number of hydrogen-bond acceptors (Lipinski definition) is 5. The second-order valence-electron chi connectivity index (χ2n) is 7.91. The number of sulfonamides is 1. The Morgan fingerprint density at radius 2 is 1.79 bits per heavy atom. The number of carbonyl (C=O) groups is 2. The van der Waals surface area contributed by atoms with Crippen molar-refractivity contribution in [2.24, 2.45) is 5.92 Å². The molecule has 2 bridgehead atoms. The second kappa shape index (κ2) is 9.23. The zero-order valence-electron chi connectivity index (χ0n) is 16.9. The van der Waals surface area contributed by atoms with Crippen LogP contribution < -0.4 is 16.0 Å². The topological polar surface area (TPSA) is 108 Å². The summed E-state index contributed by atoms with van der Waals surface area (Å²) < 4.78 is 28.1. The molecule has 2 aliphatic heterocycles. The van der Waals surface area contributed by atoms with Crippen molar-refractivity contribution < 1.29 is 18.0 Å². The minimum absolute atomic E-state index is 0.0181. The van der Waals surface area contributed by atoms with Gasteiger partial charge < -0.3 is 16.0 Å². The molecule has 2 atom stereocenters. The summed E-state index contributed by atoms with van der Waals surface area (Å²) in [6, 6.07) is 7.16. The van der Waals surface area contributed by atoms with Crippen LogP contribution in [-0.4, -0.2) is 62.8 Å². The van der Waals surface area contributed by atoms with Crippen molar-refractivity contribution in [3.63, 3.8) is 0 Å². The SMILES string of the molecule is CNCC(=O)NCC(C)NC(=O)C1C2CCC(CC2)N1S(=O)(=O)c1ccccc1. The minimum atomic E-state index is -3.76. The van der Waals surface area contributed by atoms with Gasteiger partial charge in [-0.05, 0) is 57.7 Å². The molecule has 8 nitrogen and oxygen atoms in total. The van der Waals surface area contributed by atoms with Gasteiger partial charge in [-0.3, -0.25) is 9.59 Å². The van der Waals surface area contributed by atoms with E-state index in [-0.39, 0.29) is 41.3 Å². The Kier molecular flexibility index (Phi) is 6.92. The number of hydrogen-bond donors (Lipinski definition) is 3. The number of carbonyl (C=O) groups excluding carboxylic acids is 2. The Hall–Kier alpha value is -1.97. The number of piperidine rings is 2. The molecule has 3 fully saturated rings. The van der Waals surface area contributed by atoms with Gasteiger partial charge in [0, 0.05) is 18.6 Å². The third-order valence-electron chi connectivity index (χ3n) is 5.74. The van der Waals surface area contributed by atoms with Gasteiger partial charge in [0.05, 0.1) is 11.4 Å². The maximum absolute atomic E-state index is 13.3. The summed E-state index contributed by atoms with van der Waals surface area (Å²) in [6.45, 7) is 2.29. The maximum Gasteiger partial charge on any atom is 0.244 e. The summed E-state index contributed by atoms with van der Waals surface area (Å²) >= 11 is 0. The van der Waals surface area contributed by atoms with E-state index in [1.165, 1.54) is 4.31 Å². The standard InChI is InChI=1S/C20H30N4O4S/c1-14(12-22-18(25)13-21-2)23-20(26)19-15-8-10-16(11-9-15)24(19)29(27,28)17-6-4-3-5-7-17/h3-7,14-16,19,21H,8-13H2,1-2H3,(H,22,25)(H,23,26). The summed E-state index contributed by atoms with van der Waals surface area (Å²) in [6.07, 6.45) is 3.29. The van der Waals surface area contributed by atoms with E-state index in [0.717, 1.165) is 25.7 Å². The highest BCUT2D eigenvalue weighted by Crippen LogP contribution is 2.42. The van der Waals surface area contributed by atoms with Gasteiger partial charge in [-0.15, -0.1) is 0 Å². The van der Waals surface area contributed by atoms with Crippen molar-refractivity contribution in [3.8, 4) is 0 Å². The van der Waals surface area contributed by atoms with E-state index in [9.17, 15) is 18.0 Å². The fraction of sp³-hybridized carbons (Fsp3) is 0.600. The normalized spacial score (nSPS) is 25.4. The molecule has 2 unspecified atom stereocenters. The van der Waals surface area contributed by atoms with Crippen LogP contribution in [0.5, 0.6) is 0 Å². The molecule has 0 spiro atoms. The molecule has 29 heavy (non-hydrogen) atoms. The maximum atomic E-state index is 13.3. The van der Waals surface area contributed by atoms with Gasteiger partial charge >= 0.3 is 0 Å². The third-order valence-corrected chi connectivity index (χ3v) is 7.69. The van der Waals surface area contributed by atoms with Crippen LogP contribution in [0.3, 0.4) is 0 Å². The highest BCUT2D eigenvalue weighted by Gasteiger charge is 2.51. The molecule has 3 aliphatic rings. The Balaban J connectivity index is 1.75. The van der Waals surface area contributed by atoms with Crippen LogP contribution in [0.4, 0.5) is 0 Å². The highest BCUT2D eigenvalue weighted by atomic mass is 32.2. The largest absolute Gasteiger partial charge is 0.353 e. The molecule has 2 heterocycles. The predicted octanol–water partition coefficient (Wildman–Crippen LogP) is 0.459. The molecule has 9 heteroatoms. The average Bonchev–Trinajstić information content (AvgIpc) is 2.73. The zero-order chi connectivity index (χ0) is 21.0. The van der Waals surface area contributed by atoms with Gasteiger partial charge in [0.1, 0.15) is 6.04 Å². The molecule has 1 aromatic rings. The first-order chi connectivity index (χ1) is 13.8. The lowest BCUT2D eigenvalue weighted by Crippen LogP contribution is -2.63. The summed E-state index contributed by atoms with van der Waals surface area (Å²) in [7, 11) is -2.08. The number of fused-ring (bicyclic) bond motifs is 3. The molecule has 1 aliphatic carbocycles. The van der Waals surface area contributed by atoms with E-state index in [0.29, 0.717) is 6.54 Å². The van der Waals surface area contributed by atoms with Crippen LogP contribution in [0.1, 0.15) is 32.6 Å². The van der Waals surface area contributed by atoms with E-state index in [1.54, 1.807) is 44.3 Å². The van der Waals surface area contributed by atoms with E-state index >= 15 is 0 Å². The van der Waals surface area contributed by atoms with E-state index in [1.807, 2.05) is 0 Å². The van der Waals surface area contributed by atoms with Crippen molar-refractivity contribution in [1.82, 2.24) is 20.3 Å². The molecule has 3 N–H and O–H groups in total. The van der Waals surface area contributed by atoms with Gasteiger partial charge in [-0.25, -0.2) is 8.42 Å². The van der Waals surface area contributed by atoms with E-state index in [2.05, 4.69) is 16.0 Å². The van der Waals surface area contributed by atoms with Crippen molar-refractivity contribution in [2.45, 2.75) is 55.6 Å². The molecule has 0 aromatic heterocycles. The summed E-state index contributed by atoms with van der Waals surface area (Å²) in [4.78, 5) is 24.9. The lowest BCUT2D eigenvalue weighted by molar-refractivity contribution is -0.131. The fourth-order valence-electron chi connectivity index (χ4n) is 4.37. The van der Waals surface area contributed by atoms with E-state index in [4.69, 9.17) is 0 Å². The molecular formula is C20H30N4O4S. The summed E-state index contributed by atoms with van der Waals surface area (Å²) in [5, 5.41) is 8.42. The number of nitrogens with zero attached hydrogens (tertiary/aromatic N) is 1. The highest BCUT2D eigenvalue weighted by molar-refractivity contribution is 7.89. The first-order valence-electron chi connectivity index (χ1n) is 10.1. The Bertz CT molecular complexity index is 822. The summed E-state index contributed by atoms with van der Waals surface area (Å²) in [5.41, 5.74) is 0. The number of rotatable bonds is 8. The number of likely N-dealkylation sites (N-methyl/N-ethyl adjacent to an activating group) is 1. The van der Waals surface area contributed by atoms with Crippen LogP contribution >= 0.6 is 0 Å². The van der Waals surface area contributed by atoms with Crippen LogP contribution in [0.2, 0.25) is 0 Å². The second-order valence-corrected chi connectivity index (χ2v) is 9.75. The number of nitrogens with one attached hydrogen (secondary N) is 3. The van der Waals surface area contributed by atoms with Crippen LogP contribution in [-0.2, 0) is 19.6 Å². The Morgan fingerprint density at radius 1 is 1.14 bits per heavy atom. The molecule has 2 amide bonds. The monoisotopic (exact) mass is 422 g/mol. The quantitative estimate of drug-likeness (QED) is 0.564. The molecule has 2 saturated heterocycles. The van der Waals surface area contributed by atoms with Gasteiger partial charge in [-0.1, -0.05) is 18.2 Å². The van der Waals surface area contributed by atoms with Gasteiger partial charge in [0.25, 0.3) is 0 Å². The molecule has 1 aromatic carbocycles. The molecule has 160 valence electrons.